The maximum atomic E-state index is 11.9. The molecular formula is C14H12N2O. The monoisotopic (exact) mass is 224 g/mol. The van der Waals surface area contributed by atoms with Crippen molar-refractivity contribution in [2.75, 3.05) is 4.90 Å². The maximum absolute atomic E-state index is 11.9. The molecule has 2 bridgehead atoms. The van der Waals surface area contributed by atoms with E-state index in [-0.39, 0.29) is 23.8 Å². The van der Waals surface area contributed by atoms with Gasteiger partial charge in [0.15, 0.2) is 5.78 Å². The van der Waals surface area contributed by atoms with Crippen molar-refractivity contribution in [3.63, 3.8) is 0 Å². The summed E-state index contributed by atoms with van der Waals surface area (Å²) in [4.78, 5) is 14.0. The van der Waals surface area contributed by atoms with Gasteiger partial charge in [-0.15, -0.1) is 0 Å². The molecule has 84 valence electrons. The maximum Gasteiger partial charge on any atom is 0.179 e. The SMILES string of the molecule is N#C[C@H]1C[C@H]2C=CC(=O)[C@@H]1N2c1ccccc1. The zero-order valence-electron chi connectivity index (χ0n) is 9.28. The molecule has 1 aromatic rings. The van der Waals surface area contributed by atoms with Crippen LogP contribution >= 0.6 is 0 Å². The van der Waals surface area contributed by atoms with Crippen LogP contribution in [0.4, 0.5) is 5.69 Å². The number of para-hydroxylation sites is 1. The second-order valence-corrected chi connectivity index (χ2v) is 4.49. The van der Waals surface area contributed by atoms with Gasteiger partial charge in [0, 0.05) is 11.7 Å². The number of carbonyl (C=O) groups excluding carboxylic acids is 1. The van der Waals surface area contributed by atoms with Crippen molar-refractivity contribution < 1.29 is 4.79 Å². The molecule has 3 rings (SSSR count). The van der Waals surface area contributed by atoms with Crippen molar-refractivity contribution >= 4 is 11.5 Å². The summed E-state index contributed by atoms with van der Waals surface area (Å²) in [6.45, 7) is 0. The summed E-state index contributed by atoms with van der Waals surface area (Å²) in [5.41, 5.74) is 1.03. The van der Waals surface area contributed by atoms with Crippen molar-refractivity contribution in [3.8, 4) is 6.07 Å². The fourth-order valence-corrected chi connectivity index (χ4v) is 2.79. The molecule has 0 unspecified atom stereocenters. The molecule has 0 aromatic heterocycles. The van der Waals surface area contributed by atoms with E-state index in [2.05, 4.69) is 11.0 Å². The van der Waals surface area contributed by atoms with Crippen LogP contribution in [-0.2, 0) is 4.79 Å². The van der Waals surface area contributed by atoms with Crippen LogP contribution < -0.4 is 4.90 Å². The Labute approximate surface area is 100.0 Å². The second-order valence-electron chi connectivity index (χ2n) is 4.49. The predicted octanol–water partition coefficient (Wildman–Crippen LogP) is 1.91. The minimum atomic E-state index is -0.294. The summed E-state index contributed by atoms with van der Waals surface area (Å²) in [7, 11) is 0. The molecule has 1 aromatic carbocycles. The Morgan fingerprint density at radius 3 is 2.76 bits per heavy atom. The van der Waals surface area contributed by atoms with Crippen LogP contribution in [0.25, 0.3) is 0 Å². The summed E-state index contributed by atoms with van der Waals surface area (Å²) < 4.78 is 0. The van der Waals surface area contributed by atoms with E-state index < -0.39 is 0 Å². The first-order valence-corrected chi connectivity index (χ1v) is 5.76. The molecule has 0 saturated carbocycles. The molecule has 3 heteroatoms. The van der Waals surface area contributed by atoms with E-state index in [1.165, 1.54) is 0 Å². The highest BCUT2D eigenvalue weighted by molar-refractivity contribution is 5.99. The van der Waals surface area contributed by atoms with Gasteiger partial charge in [0.2, 0.25) is 0 Å². The zero-order valence-corrected chi connectivity index (χ0v) is 9.28. The highest BCUT2D eigenvalue weighted by Crippen LogP contribution is 2.37. The molecule has 2 aliphatic heterocycles. The third-order valence-electron chi connectivity index (χ3n) is 3.53. The number of nitriles is 1. The van der Waals surface area contributed by atoms with Crippen molar-refractivity contribution in [2.24, 2.45) is 5.92 Å². The van der Waals surface area contributed by atoms with Gasteiger partial charge in [-0.25, -0.2) is 0 Å². The van der Waals surface area contributed by atoms with E-state index in [4.69, 9.17) is 5.26 Å². The van der Waals surface area contributed by atoms with Gasteiger partial charge >= 0.3 is 0 Å². The Morgan fingerprint density at radius 2 is 2.06 bits per heavy atom. The fraction of sp³-hybridized carbons (Fsp3) is 0.286. The summed E-state index contributed by atoms with van der Waals surface area (Å²) >= 11 is 0. The third-order valence-corrected chi connectivity index (χ3v) is 3.53. The lowest BCUT2D eigenvalue weighted by atomic mass is 9.99. The molecule has 3 atom stereocenters. The number of anilines is 1. The number of hydrogen-bond acceptors (Lipinski definition) is 3. The summed E-state index contributed by atoms with van der Waals surface area (Å²) in [6, 6.07) is 12.0. The number of rotatable bonds is 1. The number of carbonyl (C=O) groups is 1. The lowest BCUT2D eigenvalue weighted by Crippen LogP contribution is -2.44. The highest BCUT2D eigenvalue weighted by Gasteiger charge is 2.46. The van der Waals surface area contributed by atoms with E-state index in [1.807, 2.05) is 36.4 Å². The number of hydrogen-bond donors (Lipinski definition) is 0. The van der Waals surface area contributed by atoms with Crippen LogP contribution in [0.5, 0.6) is 0 Å². The Balaban J connectivity index is 2.05. The molecule has 3 nitrogen and oxygen atoms in total. The van der Waals surface area contributed by atoms with Crippen molar-refractivity contribution in [3.05, 3.63) is 42.5 Å². The Bertz CT molecular complexity index is 515. The van der Waals surface area contributed by atoms with Gasteiger partial charge in [0.1, 0.15) is 6.04 Å². The Hall–Kier alpha value is -2.08. The molecular weight excluding hydrogens is 212 g/mol. The van der Waals surface area contributed by atoms with E-state index in [0.29, 0.717) is 0 Å². The quantitative estimate of drug-likeness (QED) is 0.732. The van der Waals surface area contributed by atoms with Gasteiger partial charge in [0.25, 0.3) is 0 Å². The largest absolute Gasteiger partial charge is 0.353 e. The molecule has 1 saturated heterocycles. The zero-order chi connectivity index (χ0) is 11.8. The highest BCUT2D eigenvalue weighted by atomic mass is 16.1. The number of benzene rings is 1. The minimum absolute atomic E-state index is 0.0501. The van der Waals surface area contributed by atoms with Crippen molar-refractivity contribution in [1.29, 1.82) is 5.26 Å². The van der Waals surface area contributed by atoms with E-state index in [1.54, 1.807) is 6.08 Å². The second kappa shape index (κ2) is 3.74. The average Bonchev–Trinajstić information content (AvgIpc) is 2.67. The first-order valence-electron chi connectivity index (χ1n) is 5.76. The minimum Gasteiger partial charge on any atom is -0.353 e. The molecule has 2 heterocycles. The number of fused-ring (bicyclic) bond motifs is 2. The predicted molar refractivity (Wildman–Crippen MR) is 64.4 cm³/mol. The molecule has 2 aliphatic rings. The van der Waals surface area contributed by atoms with E-state index in [9.17, 15) is 4.79 Å². The fourth-order valence-electron chi connectivity index (χ4n) is 2.79. The molecule has 0 N–H and O–H groups in total. The molecule has 0 spiro atoms. The van der Waals surface area contributed by atoms with Crippen LogP contribution in [0.3, 0.4) is 0 Å². The molecule has 17 heavy (non-hydrogen) atoms. The van der Waals surface area contributed by atoms with Crippen molar-refractivity contribution in [1.82, 2.24) is 0 Å². The standard InChI is InChI=1S/C14H12N2O/c15-9-10-8-12-6-7-13(17)14(10)16(12)11-4-2-1-3-5-11/h1-7,10,12,14H,8H2/t10-,12-,14-/m1/s1. The topological polar surface area (TPSA) is 44.1 Å². The van der Waals surface area contributed by atoms with Gasteiger partial charge in [0.05, 0.1) is 12.0 Å². The molecule has 0 aliphatic carbocycles. The van der Waals surface area contributed by atoms with E-state index >= 15 is 0 Å². The van der Waals surface area contributed by atoms with Gasteiger partial charge in [-0.05, 0) is 24.6 Å². The van der Waals surface area contributed by atoms with Gasteiger partial charge in [-0.3, -0.25) is 4.79 Å². The number of ketones is 1. The molecule has 0 radical (unpaired) electrons. The Morgan fingerprint density at radius 1 is 1.29 bits per heavy atom. The van der Waals surface area contributed by atoms with E-state index in [0.717, 1.165) is 12.1 Å². The third kappa shape index (κ3) is 1.45. The summed E-state index contributed by atoms with van der Waals surface area (Å²) in [6.07, 6.45) is 4.30. The van der Waals surface area contributed by atoms with Gasteiger partial charge < -0.3 is 4.90 Å². The van der Waals surface area contributed by atoms with Crippen LogP contribution in [0, 0.1) is 17.2 Å². The van der Waals surface area contributed by atoms with Crippen LogP contribution in [0.2, 0.25) is 0 Å². The lowest BCUT2D eigenvalue weighted by Gasteiger charge is -2.32. The van der Waals surface area contributed by atoms with Crippen LogP contribution in [0.15, 0.2) is 42.5 Å². The molecule has 0 amide bonds. The Kier molecular flexibility index (Phi) is 2.22. The van der Waals surface area contributed by atoms with Crippen LogP contribution in [-0.4, -0.2) is 17.9 Å². The lowest BCUT2D eigenvalue weighted by molar-refractivity contribution is -0.116. The van der Waals surface area contributed by atoms with Gasteiger partial charge in [-0.1, -0.05) is 24.3 Å². The summed E-state index contributed by atoms with van der Waals surface area (Å²) in [5.74, 6) is -0.142. The molecule has 1 fully saturated rings. The van der Waals surface area contributed by atoms with Crippen molar-refractivity contribution in [2.45, 2.75) is 18.5 Å². The average molecular weight is 224 g/mol. The summed E-state index contributed by atoms with van der Waals surface area (Å²) in [5, 5.41) is 9.14. The smallest absolute Gasteiger partial charge is 0.179 e. The first kappa shape index (κ1) is 10.1. The first-order chi connectivity index (χ1) is 8.31. The van der Waals surface area contributed by atoms with Gasteiger partial charge in [-0.2, -0.15) is 5.26 Å². The van der Waals surface area contributed by atoms with Crippen LogP contribution in [0.1, 0.15) is 6.42 Å². The number of nitrogens with zero attached hydrogens (tertiary/aromatic N) is 2. The normalized spacial score (nSPS) is 30.4.